The minimum Gasteiger partial charge on any atom is -0.462 e. The van der Waals surface area contributed by atoms with Crippen LogP contribution >= 0.6 is 0 Å². The molecular formula is C22H29NO3. The van der Waals surface area contributed by atoms with Crippen LogP contribution < -0.4 is 0 Å². The number of benzene rings is 2. The second kappa shape index (κ2) is 8.97. The summed E-state index contributed by atoms with van der Waals surface area (Å²) in [5.41, 5.74) is 3.03. The molecule has 0 aliphatic carbocycles. The Morgan fingerprint density at radius 1 is 1.12 bits per heavy atom. The molecule has 0 saturated heterocycles. The Morgan fingerprint density at radius 2 is 1.81 bits per heavy atom. The van der Waals surface area contributed by atoms with Crippen molar-refractivity contribution in [2.75, 3.05) is 19.7 Å². The summed E-state index contributed by atoms with van der Waals surface area (Å²) in [6.07, 6.45) is 0. The van der Waals surface area contributed by atoms with Gasteiger partial charge in [0.15, 0.2) is 0 Å². The van der Waals surface area contributed by atoms with E-state index < -0.39 is 5.60 Å². The fourth-order valence-electron chi connectivity index (χ4n) is 3.03. The lowest BCUT2D eigenvalue weighted by atomic mass is 9.96. The summed E-state index contributed by atoms with van der Waals surface area (Å²) >= 11 is 0. The van der Waals surface area contributed by atoms with E-state index in [1.165, 1.54) is 0 Å². The average Bonchev–Trinajstić information content (AvgIpc) is 2.61. The van der Waals surface area contributed by atoms with E-state index in [1.54, 1.807) is 6.92 Å². The van der Waals surface area contributed by atoms with E-state index in [4.69, 9.17) is 4.74 Å². The topological polar surface area (TPSA) is 49.8 Å². The molecule has 4 nitrogen and oxygen atoms in total. The molecular weight excluding hydrogens is 326 g/mol. The molecule has 0 bridgehead atoms. The lowest BCUT2D eigenvalue weighted by molar-refractivity contribution is 0.0352. The third kappa shape index (κ3) is 5.68. The van der Waals surface area contributed by atoms with Gasteiger partial charge in [0.05, 0.1) is 17.8 Å². The van der Waals surface area contributed by atoms with Gasteiger partial charge in [-0.2, -0.15) is 0 Å². The van der Waals surface area contributed by atoms with Gasteiger partial charge in [-0.05, 0) is 56.1 Å². The van der Waals surface area contributed by atoms with Crippen LogP contribution in [0.3, 0.4) is 0 Å². The normalized spacial score (nSPS) is 11.6. The van der Waals surface area contributed by atoms with E-state index in [0.717, 1.165) is 23.2 Å². The quantitative estimate of drug-likeness (QED) is 0.724. The number of esters is 1. The third-order valence-corrected chi connectivity index (χ3v) is 4.15. The molecule has 2 rings (SSSR count). The number of likely N-dealkylation sites (N-methyl/N-ethyl adjacent to an activating group) is 1. The summed E-state index contributed by atoms with van der Waals surface area (Å²) in [6, 6.07) is 15.8. The van der Waals surface area contributed by atoms with Crippen molar-refractivity contribution in [3.8, 4) is 11.1 Å². The fraction of sp³-hybridized carbons (Fsp3) is 0.409. The van der Waals surface area contributed by atoms with E-state index in [9.17, 15) is 9.90 Å². The number of nitrogens with zero attached hydrogens (tertiary/aromatic N) is 1. The van der Waals surface area contributed by atoms with Gasteiger partial charge in [0.2, 0.25) is 0 Å². The summed E-state index contributed by atoms with van der Waals surface area (Å²) in [7, 11) is 0. The molecule has 0 aliphatic heterocycles. The summed E-state index contributed by atoms with van der Waals surface area (Å²) in [4.78, 5) is 14.3. The molecule has 2 aromatic carbocycles. The SMILES string of the molecule is CCOC(=O)c1ccc(-c2ccccc2)c(CN(CC)CC(C)(C)O)c1. The average molecular weight is 355 g/mol. The zero-order valence-electron chi connectivity index (χ0n) is 16.2. The van der Waals surface area contributed by atoms with Crippen LogP contribution in [0.2, 0.25) is 0 Å². The predicted molar refractivity (Wildman–Crippen MR) is 105 cm³/mol. The Bertz CT molecular complexity index is 720. The molecule has 0 aromatic heterocycles. The minimum absolute atomic E-state index is 0.307. The molecule has 1 N–H and O–H groups in total. The second-order valence-electron chi connectivity index (χ2n) is 7.07. The number of hydrogen-bond acceptors (Lipinski definition) is 4. The van der Waals surface area contributed by atoms with E-state index >= 15 is 0 Å². The summed E-state index contributed by atoms with van der Waals surface area (Å²) in [5.74, 6) is -0.307. The monoisotopic (exact) mass is 355 g/mol. The van der Waals surface area contributed by atoms with Crippen LogP contribution in [-0.4, -0.2) is 41.3 Å². The number of carbonyl (C=O) groups is 1. The molecule has 0 unspecified atom stereocenters. The molecule has 2 aromatic rings. The van der Waals surface area contributed by atoms with Crippen LogP contribution in [0.5, 0.6) is 0 Å². The largest absolute Gasteiger partial charge is 0.462 e. The maximum Gasteiger partial charge on any atom is 0.338 e. The van der Waals surface area contributed by atoms with Crippen LogP contribution in [-0.2, 0) is 11.3 Å². The predicted octanol–water partition coefficient (Wildman–Crippen LogP) is 4.12. The Balaban J connectivity index is 2.41. The van der Waals surface area contributed by atoms with Crippen molar-refractivity contribution in [2.24, 2.45) is 0 Å². The fourth-order valence-corrected chi connectivity index (χ4v) is 3.03. The molecule has 140 valence electrons. The highest BCUT2D eigenvalue weighted by atomic mass is 16.5. The van der Waals surface area contributed by atoms with Gasteiger partial charge in [0.1, 0.15) is 0 Å². The summed E-state index contributed by atoms with van der Waals surface area (Å²) in [6.45, 7) is 9.86. The first-order valence-electron chi connectivity index (χ1n) is 9.14. The lowest BCUT2D eigenvalue weighted by Gasteiger charge is -2.28. The Labute approximate surface area is 156 Å². The first-order chi connectivity index (χ1) is 12.3. The zero-order valence-corrected chi connectivity index (χ0v) is 16.2. The smallest absolute Gasteiger partial charge is 0.338 e. The van der Waals surface area contributed by atoms with Gasteiger partial charge < -0.3 is 9.84 Å². The first kappa shape index (κ1) is 20.1. The Morgan fingerprint density at radius 3 is 2.38 bits per heavy atom. The molecule has 0 radical (unpaired) electrons. The van der Waals surface area contributed by atoms with Crippen molar-refractivity contribution in [2.45, 2.75) is 39.8 Å². The molecule has 26 heavy (non-hydrogen) atoms. The first-order valence-corrected chi connectivity index (χ1v) is 9.14. The highest BCUT2D eigenvalue weighted by Gasteiger charge is 2.19. The van der Waals surface area contributed by atoms with Gasteiger partial charge in [-0.1, -0.05) is 43.3 Å². The van der Waals surface area contributed by atoms with Crippen molar-refractivity contribution < 1.29 is 14.6 Å². The number of carbonyl (C=O) groups excluding carboxylic acids is 1. The van der Waals surface area contributed by atoms with Gasteiger partial charge in [0.25, 0.3) is 0 Å². The highest BCUT2D eigenvalue weighted by Crippen LogP contribution is 2.26. The molecule has 0 saturated carbocycles. The van der Waals surface area contributed by atoms with E-state index in [2.05, 4.69) is 24.0 Å². The van der Waals surface area contributed by atoms with Gasteiger partial charge in [-0.15, -0.1) is 0 Å². The number of rotatable bonds is 8. The van der Waals surface area contributed by atoms with Crippen LogP contribution in [0.25, 0.3) is 11.1 Å². The van der Waals surface area contributed by atoms with Gasteiger partial charge in [-0.25, -0.2) is 4.79 Å². The number of ether oxygens (including phenoxy) is 1. The Hall–Kier alpha value is -2.17. The van der Waals surface area contributed by atoms with Crippen molar-refractivity contribution in [3.63, 3.8) is 0 Å². The molecule has 0 fully saturated rings. The van der Waals surface area contributed by atoms with Crippen molar-refractivity contribution in [1.82, 2.24) is 4.90 Å². The van der Waals surface area contributed by atoms with Crippen LogP contribution in [0, 0.1) is 0 Å². The van der Waals surface area contributed by atoms with Gasteiger partial charge >= 0.3 is 5.97 Å². The van der Waals surface area contributed by atoms with Crippen molar-refractivity contribution in [3.05, 3.63) is 59.7 Å². The molecule has 0 atom stereocenters. The molecule has 4 heteroatoms. The van der Waals surface area contributed by atoms with E-state index in [1.807, 2.05) is 50.2 Å². The van der Waals surface area contributed by atoms with Crippen LogP contribution in [0.1, 0.15) is 43.6 Å². The summed E-state index contributed by atoms with van der Waals surface area (Å²) in [5, 5.41) is 10.2. The van der Waals surface area contributed by atoms with Crippen LogP contribution in [0.4, 0.5) is 0 Å². The Kier molecular flexibility index (Phi) is 6.95. The molecule has 0 heterocycles. The zero-order chi connectivity index (χ0) is 19.2. The third-order valence-electron chi connectivity index (χ3n) is 4.15. The second-order valence-corrected chi connectivity index (χ2v) is 7.07. The standard InChI is InChI=1S/C22H29NO3/c1-5-23(16-22(3,4)25)15-19-14-18(21(24)26-6-2)12-13-20(19)17-10-8-7-9-11-17/h7-14,25H,5-6,15-16H2,1-4H3. The molecule has 0 amide bonds. The van der Waals surface area contributed by atoms with Crippen molar-refractivity contribution >= 4 is 5.97 Å². The lowest BCUT2D eigenvalue weighted by Crippen LogP contribution is -2.38. The molecule has 0 aliphatic rings. The summed E-state index contributed by atoms with van der Waals surface area (Å²) < 4.78 is 5.15. The van der Waals surface area contributed by atoms with E-state index in [-0.39, 0.29) is 5.97 Å². The highest BCUT2D eigenvalue weighted by molar-refractivity contribution is 5.90. The van der Waals surface area contributed by atoms with Crippen LogP contribution in [0.15, 0.2) is 48.5 Å². The maximum atomic E-state index is 12.2. The minimum atomic E-state index is -0.776. The maximum absolute atomic E-state index is 12.2. The van der Waals surface area contributed by atoms with E-state index in [0.29, 0.717) is 25.3 Å². The molecule has 0 spiro atoms. The van der Waals surface area contributed by atoms with Gasteiger partial charge in [0, 0.05) is 13.1 Å². The van der Waals surface area contributed by atoms with Crippen molar-refractivity contribution in [1.29, 1.82) is 0 Å². The number of hydrogen-bond donors (Lipinski definition) is 1. The van der Waals surface area contributed by atoms with Gasteiger partial charge in [-0.3, -0.25) is 4.90 Å². The number of aliphatic hydroxyl groups is 1.